The van der Waals surface area contributed by atoms with E-state index >= 15 is 0 Å². The minimum atomic E-state index is -0.464. The van der Waals surface area contributed by atoms with Gasteiger partial charge in [-0.05, 0) is 139 Å². The SMILES string of the molecule is CC/C(=C(\C1CCC(O)CC1)C1CCC(OCCCCN2CC3(C2)CN(C2CCC4C(=O)N(C5CCC(=O)NC5=O)CC4C2)C3)CC1)C1CCCCC1. The summed E-state index contributed by atoms with van der Waals surface area (Å²) in [7, 11) is 0. The summed E-state index contributed by atoms with van der Waals surface area (Å²) in [6.45, 7) is 10.0. The number of carbonyl (C=O) groups is 3. The first kappa shape index (κ1) is 38.1. The van der Waals surface area contributed by atoms with Gasteiger partial charge in [-0.25, -0.2) is 0 Å². The summed E-state index contributed by atoms with van der Waals surface area (Å²) in [5, 5.41) is 12.7. The number of carbonyl (C=O) groups excluding carboxylic acids is 3. The van der Waals surface area contributed by atoms with Crippen molar-refractivity contribution in [3.63, 3.8) is 0 Å². The molecule has 0 radical (unpaired) electrons. The van der Waals surface area contributed by atoms with E-state index < -0.39 is 6.04 Å². The average Bonchev–Trinajstić information content (AvgIpc) is 3.46. The molecular weight excluding hydrogens is 665 g/mol. The van der Waals surface area contributed by atoms with E-state index in [9.17, 15) is 19.5 Å². The molecule has 53 heavy (non-hydrogen) atoms. The van der Waals surface area contributed by atoms with Gasteiger partial charge in [-0.2, -0.15) is 0 Å². The normalized spacial score (nSPS) is 37.5. The van der Waals surface area contributed by atoms with E-state index in [1.165, 1.54) is 116 Å². The van der Waals surface area contributed by atoms with Gasteiger partial charge in [0.15, 0.2) is 0 Å². The summed E-state index contributed by atoms with van der Waals surface area (Å²) in [5.41, 5.74) is 4.19. The lowest BCUT2D eigenvalue weighted by Gasteiger charge is -2.63. The van der Waals surface area contributed by atoms with Crippen LogP contribution in [0.1, 0.15) is 142 Å². The van der Waals surface area contributed by atoms with Crippen molar-refractivity contribution < 1.29 is 24.2 Å². The second-order valence-electron chi connectivity index (χ2n) is 19.1. The van der Waals surface area contributed by atoms with Gasteiger partial charge in [-0.1, -0.05) is 37.3 Å². The Morgan fingerprint density at radius 3 is 2.23 bits per heavy atom. The highest BCUT2D eigenvalue weighted by Gasteiger charge is 2.55. The molecule has 0 bridgehead atoms. The van der Waals surface area contributed by atoms with Gasteiger partial charge >= 0.3 is 0 Å². The fraction of sp³-hybridized carbons (Fsp3) is 0.886. The largest absolute Gasteiger partial charge is 0.393 e. The van der Waals surface area contributed by atoms with E-state index in [1.807, 2.05) is 11.1 Å². The summed E-state index contributed by atoms with van der Waals surface area (Å²) in [5.74, 6) is 2.30. The van der Waals surface area contributed by atoms with Gasteiger partial charge in [0, 0.05) is 63.1 Å². The lowest BCUT2D eigenvalue weighted by Crippen LogP contribution is -2.73. The van der Waals surface area contributed by atoms with Crippen LogP contribution in [0.4, 0.5) is 0 Å². The Morgan fingerprint density at radius 2 is 1.53 bits per heavy atom. The predicted octanol–water partition coefficient (Wildman–Crippen LogP) is 6.23. The molecule has 9 nitrogen and oxygen atoms in total. The molecule has 9 heteroatoms. The number of allylic oxidation sites excluding steroid dienone is 2. The zero-order chi connectivity index (χ0) is 36.5. The first-order chi connectivity index (χ1) is 25.8. The zero-order valence-electron chi connectivity index (χ0n) is 32.9. The Labute approximate surface area is 319 Å². The molecule has 3 amide bonds. The van der Waals surface area contributed by atoms with Crippen LogP contribution in [0.3, 0.4) is 0 Å². The molecule has 1 spiro atoms. The third-order valence-corrected chi connectivity index (χ3v) is 15.6. The topological polar surface area (TPSA) is 102 Å². The molecule has 8 rings (SSSR count). The number of aliphatic hydroxyl groups excluding tert-OH is 1. The lowest BCUT2D eigenvalue weighted by molar-refractivity contribution is -0.145. The second kappa shape index (κ2) is 16.7. The van der Waals surface area contributed by atoms with Crippen molar-refractivity contribution in [1.82, 2.24) is 20.0 Å². The van der Waals surface area contributed by atoms with Gasteiger partial charge in [-0.15, -0.1) is 0 Å². The molecular formula is C44H70N4O5. The van der Waals surface area contributed by atoms with Gasteiger partial charge in [-0.3, -0.25) is 24.6 Å². The molecule has 8 fully saturated rings. The molecule has 4 atom stereocenters. The van der Waals surface area contributed by atoms with Crippen LogP contribution < -0.4 is 5.32 Å². The maximum absolute atomic E-state index is 13.2. The Kier molecular flexibility index (Phi) is 12.0. The quantitative estimate of drug-likeness (QED) is 0.139. The first-order valence-corrected chi connectivity index (χ1v) is 22.4. The number of likely N-dealkylation sites (tertiary alicyclic amines) is 3. The standard InChI is InChI=1S/C44H70N4O5/c1-2-37(30-8-4-3-5-9-30)41(31-10-15-35(49)16-11-31)32-12-17-36(18-13-32)53-23-7-6-22-46-26-44(27-46)28-47(29-44)34-14-19-38-33(24-34)25-48(43(38)52)39-20-21-40(50)45-42(39)51/h30-36,38-39,49H,2-29H2,1H3,(H,45,50,51)/b41-37-. The molecule has 4 aliphatic heterocycles. The number of piperidine rings is 1. The van der Waals surface area contributed by atoms with Crippen molar-refractivity contribution in [1.29, 1.82) is 0 Å². The summed E-state index contributed by atoms with van der Waals surface area (Å²) < 4.78 is 6.52. The highest BCUT2D eigenvalue weighted by atomic mass is 16.5. The molecule has 8 aliphatic rings. The fourth-order valence-corrected chi connectivity index (χ4v) is 12.9. The van der Waals surface area contributed by atoms with Crippen LogP contribution in [0.15, 0.2) is 11.1 Å². The maximum Gasteiger partial charge on any atom is 0.249 e. The summed E-state index contributed by atoms with van der Waals surface area (Å²) in [4.78, 5) is 44.5. The van der Waals surface area contributed by atoms with Crippen molar-refractivity contribution in [3.8, 4) is 0 Å². The van der Waals surface area contributed by atoms with Gasteiger partial charge in [0.1, 0.15) is 6.04 Å². The lowest BCUT2D eigenvalue weighted by atomic mass is 9.68. The second-order valence-corrected chi connectivity index (χ2v) is 19.1. The van der Waals surface area contributed by atoms with Crippen LogP contribution in [0.5, 0.6) is 0 Å². The number of hydrogen-bond acceptors (Lipinski definition) is 7. The third-order valence-electron chi connectivity index (χ3n) is 15.6. The number of amides is 3. The highest BCUT2D eigenvalue weighted by molar-refractivity contribution is 6.02. The monoisotopic (exact) mass is 735 g/mol. The molecule has 4 aliphatic carbocycles. The smallest absolute Gasteiger partial charge is 0.249 e. The number of aliphatic hydroxyl groups is 1. The van der Waals surface area contributed by atoms with Gasteiger partial charge in [0.25, 0.3) is 0 Å². The average molecular weight is 735 g/mol. The van der Waals surface area contributed by atoms with Crippen LogP contribution in [-0.4, -0.2) is 108 Å². The molecule has 4 saturated carbocycles. The predicted molar refractivity (Wildman–Crippen MR) is 206 cm³/mol. The van der Waals surface area contributed by atoms with E-state index in [0.29, 0.717) is 48.8 Å². The van der Waals surface area contributed by atoms with Crippen molar-refractivity contribution in [2.75, 3.05) is 45.9 Å². The van der Waals surface area contributed by atoms with E-state index in [2.05, 4.69) is 22.0 Å². The molecule has 0 aromatic rings. The molecule has 4 saturated heterocycles. The van der Waals surface area contributed by atoms with Crippen LogP contribution in [0.25, 0.3) is 0 Å². The number of rotatable bonds is 12. The van der Waals surface area contributed by atoms with E-state index in [0.717, 1.165) is 57.0 Å². The van der Waals surface area contributed by atoms with Crippen LogP contribution >= 0.6 is 0 Å². The molecule has 296 valence electrons. The van der Waals surface area contributed by atoms with E-state index in [4.69, 9.17) is 4.74 Å². The molecule has 2 N–H and O–H groups in total. The number of nitrogens with zero attached hydrogens (tertiary/aromatic N) is 3. The number of ether oxygens (including phenoxy) is 1. The van der Waals surface area contributed by atoms with Crippen molar-refractivity contribution in [3.05, 3.63) is 11.1 Å². The Bertz CT molecular complexity index is 1330. The molecule has 0 aromatic heterocycles. The minimum Gasteiger partial charge on any atom is -0.393 e. The number of hydrogen-bond donors (Lipinski definition) is 2. The Morgan fingerprint density at radius 1 is 0.811 bits per heavy atom. The van der Waals surface area contributed by atoms with Crippen LogP contribution in [0.2, 0.25) is 0 Å². The van der Waals surface area contributed by atoms with Gasteiger partial charge < -0.3 is 19.6 Å². The van der Waals surface area contributed by atoms with Gasteiger partial charge in [0.05, 0.1) is 12.2 Å². The number of imide groups is 1. The third kappa shape index (κ3) is 8.34. The summed E-state index contributed by atoms with van der Waals surface area (Å²) in [6.07, 6.45) is 24.3. The van der Waals surface area contributed by atoms with Gasteiger partial charge in [0.2, 0.25) is 17.7 Å². The molecule has 4 heterocycles. The number of unbranched alkanes of at least 4 members (excludes halogenated alkanes) is 1. The van der Waals surface area contributed by atoms with Crippen LogP contribution in [-0.2, 0) is 19.1 Å². The zero-order valence-corrected chi connectivity index (χ0v) is 32.9. The maximum atomic E-state index is 13.2. The van der Waals surface area contributed by atoms with Crippen molar-refractivity contribution in [2.45, 2.75) is 166 Å². The van der Waals surface area contributed by atoms with Crippen molar-refractivity contribution >= 4 is 17.7 Å². The first-order valence-electron chi connectivity index (χ1n) is 22.4. The summed E-state index contributed by atoms with van der Waals surface area (Å²) in [6, 6.07) is 0.0977. The van der Waals surface area contributed by atoms with Crippen LogP contribution in [0, 0.1) is 35.0 Å². The highest BCUT2D eigenvalue weighted by Crippen LogP contribution is 2.48. The Balaban J connectivity index is 0.714. The summed E-state index contributed by atoms with van der Waals surface area (Å²) >= 11 is 0. The number of nitrogens with one attached hydrogen (secondary N) is 1. The molecule has 0 aromatic carbocycles. The minimum absolute atomic E-state index is 0.0583. The van der Waals surface area contributed by atoms with E-state index in [-0.39, 0.29) is 29.7 Å². The molecule has 4 unspecified atom stereocenters. The fourth-order valence-electron chi connectivity index (χ4n) is 12.9. The number of fused-ring (bicyclic) bond motifs is 1. The Hall–Kier alpha value is -1.81. The van der Waals surface area contributed by atoms with E-state index in [1.54, 1.807) is 4.90 Å². The van der Waals surface area contributed by atoms with Crippen molar-refractivity contribution in [2.24, 2.45) is 35.0 Å².